The van der Waals surface area contributed by atoms with Crippen LogP contribution in [0.5, 0.6) is 5.75 Å². The molecule has 0 bridgehead atoms. The van der Waals surface area contributed by atoms with Crippen molar-refractivity contribution >= 4 is 39.5 Å². The lowest BCUT2D eigenvalue weighted by Gasteiger charge is -2.54. The Hall–Kier alpha value is -4.35. The molecule has 2 aromatic heterocycles. The summed E-state index contributed by atoms with van der Waals surface area (Å²) in [7, 11) is 0. The van der Waals surface area contributed by atoms with Gasteiger partial charge in [-0.1, -0.05) is 12.6 Å². The van der Waals surface area contributed by atoms with Crippen LogP contribution in [0.15, 0.2) is 37.1 Å². The monoisotopic (exact) mass is 657 g/mol. The maximum absolute atomic E-state index is 14.0. The molecule has 12 heteroatoms. The van der Waals surface area contributed by atoms with Crippen molar-refractivity contribution in [3.63, 3.8) is 0 Å². The maximum atomic E-state index is 14.0. The minimum absolute atomic E-state index is 0.0337. The molecule has 1 N–H and O–H groups in total. The van der Waals surface area contributed by atoms with Crippen LogP contribution >= 0.6 is 0 Å². The van der Waals surface area contributed by atoms with Crippen molar-refractivity contribution < 1.29 is 22.7 Å². The molecule has 0 unspecified atom stereocenters. The van der Waals surface area contributed by atoms with Gasteiger partial charge in [-0.15, -0.1) is 0 Å². The summed E-state index contributed by atoms with van der Waals surface area (Å²) in [4.78, 5) is 28.7. The number of ether oxygens (including phenoxy) is 1. The van der Waals surface area contributed by atoms with E-state index in [2.05, 4.69) is 32.6 Å². The number of nitrogens with one attached hydrogen (secondary N) is 1. The molecule has 5 fully saturated rings. The van der Waals surface area contributed by atoms with Gasteiger partial charge in [0.15, 0.2) is 12.4 Å². The van der Waals surface area contributed by atoms with Gasteiger partial charge >= 0.3 is 6.18 Å². The Balaban J connectivity index is 1.21. The van der Waals surface area contributed by atoms with Gasteiger partial charge in [0, 0.05) is 66.4 Å². The van der Waals surface area contributed by atoms with Gasteiger partial charge in [-0.3, -0.25) is 9.89 Å². The fourth-order valence-corrected chi connectivity index (χ4v) is 8.29. The zero-order valence-corrected chi connectivity index (χ0v) is 27.0. The molecule has 5 aliphatic rings. The molecule has 0 radical (unpaired) electrons. The average Bonchev–Trinajstić information content (AvgIpc) is 3.97. The topological polar surface area (TPSA) is 90.5 Å². The Bertz CT molecular complexity index is 1970. The third-order valence-electron chi connectivity index (χ3n) is 11.4. The van der Waals surface area contributed by atoms with Crippen LogP contribution in [0.2, 0.25) is 0 Å². The molecule has 9 rings (SSSR count). The minimum Gasteiger partial charge on any atom is -0.481 e. The molecule has 0 atom stereocenters. The predicted octanol–water partition coefficient (Wildman–Crippen LogP) is 6.52. The maximum Gasteiger partial charge on any atom is 0.422 e. The Morgan fingerprint density at radius 2 is 1.75 bits per heavy atom. The molecule has 2 saturated carbocycles. The van der Waals surface area contributed by atoms with Crippen molar-refractivity contribution in [1.82, 2.24) is 25.1 Å². The highest BCUT2D eigenvalue weighted by Gasteiger charge is 2.53. The number of fused-ring (bicyclic) bond motifs is 2. The molecule has 250 valence electrons. The van der Waals surface area contributed by atoms with Crippen molar-refractivity contribution in [2.75, 3.05) is 55.7 Å². The minimum atomic E-state index is -4.53. The van der Waals surface area contributed by atoms with Crippen molar-refractivity contribution in [2.45, 2.75) is 57.5 Å². The zero-order chi connectivity index (χ0) is 33.0. The molecular weight excluding hydrogens is 619 g/mol. The fourth-order valence-electron chi connectivity index (χ4n) is 8.29. The van der Waals surface area contributed by atoms with E-state index in [1.54, 1.807) is 6.20 Å². The van der Waals surface area contributed by atoms with Crippen molar-refractivity contribution in [3.8, 4) is 16.9 Å². The van der Waals surface area contributed by atoms with Crippen LogP contribution in [0.25, 0.3) is 32.9 Å². The smallest absolute Gasteiger partial charge is 0.422 e. The predicted molar refractivity (Wildman–Crippen MR) is 177 cm³/mol. The number of hydrogen-bond acceptors (Lipinski definition) is 7. The Morgan fingerprint density at radius 3 is 2.42 bits per heavy atom. The number of piperidine rings is 1. The van der Waals surface area contributed by atoms with Crippen molar-refractivity contribution in [1.29, 1.82) is 0 Å². The van der Waals surface area contributed by atoms with Gasteiger partial charge in [0.1, 0.15) is 11.3 Å². The normalized spacial score (nSPS) is 21.1. The van der Waals surface area contributed by atoms with Gasteiger partial charge in [-0.25, -0.2) is 4.98 Å². The molecule has 48 heavy (non-hydrogen) atoms. The number of amides is 1. The van der Waals surface area contributed by atoms with Crippen LogP contribution in [-0.4, -0.2) is 83.0 Å². The van der Waals surface area contributed by atoms with E-state index >= 15 is 0 Å². The molecular formula is C36H38F3N7O2. The number of hydrogen-bond donors (Lipinski definition) is 1. The first-order valence-corrected chi connectivity index (χ1v) is 17.0. The summed E-state index contributed by atoms with van der Waals surface area (Å²) in [5.74, 6) is 1.63. The van der Waals surface area contributed by atoms with Crippen LogP contribution in [0.1, 0.15) is 55.6 Å². The molecule has 2 aliphatic carbocycles. The number of benzene rings is 2. The van der Waals surface area contributed by atoms with Crippen LogP contribution in [0.4, 0.5) is 24.9 Å². The standard InChI is InChI=1S/C36H38F3N7O2/c1-3-27(47)45-16-35(17-45)10-12-44(13-11-35)32-24-14-23(22-5-6-22)29(28-21(2)4-7-26-25(28)15-40-43-26)31(48-20-36(37,38)39)30(24)41-33(42-32)46-18-34(19-46)8-9-34/h3-4,7,14-15,22H,1,5-6,8-13,16-20H2,2H3,(H,40,43). The zero-order valence-electron chi connectivity index (χ0n) is 27.0. The van der Waals surface area contributed by atoms with Crippen molar-refractivity contribution in [3.05, 3.63) is 48.2 Å². The second kappa shape index (κ2) is 10.3. The summed E-state index contributed by atoms with van der Waals surface area (Å²) >= 11 is 0. The number of aromatic nitrogens is 4. The summed E-state index contributed by atoms with van der Waals surface area (Å²) in [6.07, 6.45) is 4.65. The number of halogens is 3. The van der Waals surface area contributed by atoms with Crippen LogP contribution in [0, 0.1) is 17.8 Å². The van der Waals surface area contributed by atoms with E-state index in [9.17, 15) is 18.0 Å². The Kier molecular flexibility index (Phi) is 6.40. The number of alkyl halides is 3. The fraction of sp³-hybridized carbons (Fsp3) is 0.500. The molecule has 2 aromatic carbocycles. The van der Waals surface area contributed by atoms with E-state index in [-0.39, 0.29) is 23.0 Å². The molecule has 4 aromatic rings. The van der Waals surface area contributed by atoms with Gasteiger partial charge in [0.05, 0.1) is 11.7 Å². The van der Waals surface area contributed by atoms with Crippen LogP contribution < -0.4 is 14.5 Å². The number of carbonyl (C=O) groups excluding carboxylic acids is 1. The largest absolute Gasteiger partial charge is 0.481 e. The third kappa shape index (κ3) is 4.89. The highest BCUT2D eigenvalue weighted by molar-refractivity contribution is 6.06. The van der Waals surface area contributed by atoms with Crippen LogP contribution in [0.3, 0.4) is 0 Å². The molecule has 3 saturated heterocycles. The summed E-state index contributed by atoms with van der Waals surface area (Å²) in [6.45, 7) is 8.82. The summed E-state index contributed by atoms with van der Waals surface area (Å²) in [6, 6.07) is 6.06. The van der Waals surface area contributed by atoms with Gasteiger partial charge in [0.2, 0.25) is 11.9 Å². The molecule has 5 heterocycles. The van der Waals surface area contributed by atoms with E-state index in [0.717, 1.165) is 104 Å². The first-order valence-electron chi connectivity index (χ1n) is 17.0. The van der Waals surface area contributed by atoms with E-state index in [1.807, 2.05) is 24.0 Å². The number of likely N-dealkylation sites (tertiary alicyclic amines) is 1. The summed E-state index contributed by atoms with van der Waals surface area (Å²) < 4.78 is 47.8. The first-order chi connectivity index (χ1) is 23.0. The quantitative estimate of drug-likeness (QED) is 0.227. The van der Waals surface area contributed by atoms with Crippen LogP contribution in [-0.2, 0) is 4.79 Å². The van der Waals surface area contributed by atoms with Gasteiger partial charge < -0.3 is 19.4 Å². The van der Waals surface area contributed by atoms with Gasteiger partial charge in [0.25, 0.3) is 0 Å². The van der Waals surface area contributed by atoms with Gasteiger partial charge in [-0.05, 0) is 86.3 Å². The Morgan fingerprint density at radius 1 is 1.02 bits per heavy atom. The highest BCUT2D eigenvalue weighted by Crippen LogP contribution is 2.56. The number of anilines is 2. The van der Waals surface area contributed by atoms with Crippen molar-refractivity contribution in [2.24, 2.45) is 10.8 Å². The lowest BCUT2D eigenvalue weighted by atomic mass is 9.72. The summed E-state index contributed by atoms with van der Waals surface area (Å²) in [5.41, 5.74) is 5.04. The van der Waals surface area contributed by atoms with E-state index in [4.69, 9.17) is 14.7 Å². The number of nitrogens with zero attached hydrogens (tertiary/aromatic N) is 6. The SMILES string of the molecule is C=CC(=O)N1CC2(CCN(c3nc(N4CC5(CC5)C4)nc4c(OCC(F)(F)F)c(-c5c(C)ccc6[nH]ncc56)c(C5CC5)cc34)CC2)C1. The van der Waals surface area contributed by atoms with E-state index in [1.165, 1.54) is 18.9 Å². The van der Waals surface area contributed by atoms with Gasteiger partial charge in [-0.2, -0.15) is 23.3 Å². The third-order valence-corrected chi connectivity index (χ3v) is 11.4. The van der Waals surface area contributed by atoms with E-state index < -0.39 is 12.8 Å². The molecule has 2 spiro atoms. The number of H-pyrrole nitrogens is 1. The second-order valence-electron chi connectivity index (χ2n) is 14.9. The average molecular weight is 658 g/mol. The molecule has 1 amide bonds. The highest BCUT2D eigenvalue weighted by atomic mass is 19.4. The number of carbonyl (C=O) groups is 1. The molecule has 9 nitrogen and oxygen atoms in total. The number of aromatic amines is 1. The number of rotatable bonds is 7. The lowest BCUT2D eigenvalue weighted by Crippen LogP contribution is -2.61. The van der Waals surface area contributed by atoms with E-state index in [0.29, 0.717) is 22.4 Å². The second-order valence-corrected chi connectivity index (χ2v) is 14.9. The number of aryl methyl sites for hydroxylation is 1. The summed E-state index contributed by atoms with van der Waals surface area (Å²) in [5, 5.41) is 8.88. The molecule has 3 aliphatic heterocycles. The Labute approximate surface area is 276 Å². The lowest BCUT2D eigenvalue weighted by molar-refractivity contribution is -0.153. The first kappa shape index (κ1) is 29.8.